The number of Topliss-reactive ketones (excluding diaryl/α,β-unsaturated/α-hetero) is 1. The summed E-state index contributed by atoms with van der Waals surface area (Å²) in [6.07, 6.45) is 1.00. The predicted octanol–water partition coefficient (Wildman–Crippen LogP) is 1.43. The molecule has 1 aliphatic heterocycles. The summed E-state index contributed by atoms with van der Waals surface area (Å²) in [6.45, 7) is 5.98. The van der Waals surface area contributed by atoms with E-state index in [-0.39, 0.29) is 28.6 Å². The summed E-state index contributed by atoms with van der Waals surface area (Å²) in [5.74, 6) is 0.132. The molecule has 0 bridgehead atoms. The van der Waals surface area contributed by atoms with Crippen molar-refractivity contribution in [2.24, 2.45) is 11.3 Å². The van der Waals surface area contributed by atoms with Crippen molar-refractivity contribution >= 4 is 15.6 Å². The monoisotopic (exact) mass is 218 g/mol. The Kier molecular flexibility index (Phi) is 3.04. The summed E-state index contributed by atoms with van der Waals surface area (Å²) in [4.78, 5) is 11.7. The van der Waals surface area contributed by atoms with Crippen LogP contribution in [0.25, 0.3) is 0 Å². The number of ketones is 1. The Bertz CT molecular complexity index is 322. The molecular weight excluding hydrogens is 200 g/mol. The first-order valence-corrected chi connectivity index (χ1v) is 6.75. The Morgan fingerprint density at radius 1 is 1.36 bits per heavy atom. The minimum atomic E-state index is -2.92. The summed E-state index contributed by atoms with van der Waals surface area (Å²) in [5, 5.41) is 0. The molecular formula is C10H18O3S. The van der Waals surface area contributed by atoms with E-state index in [1.807, 2.05) is 20.8 Å². The molecule has 0 saturated carbocycles. The van der Waals surface area contributed by atoms with Crippen LogP contribution in [0.15, 0.2) is 0 Å². The van der Waals surface area contributed by atoms with E-state index in [0.717, 1.165) is 0 Å². The van der Waals surface area contributed by atoms with Crippen LogP contribution in [0.4, 0.5) is 0 Å². The lowest BCUT2D eigenvalue weighted by atomic mass is 9.85. The van der Waals surface area contributed by atoms with Crippen molar-refractivity contribution in [1.29, 1.82) is 0 Å². The SMILES string of the molecule is CC(C)(C)CC(=O)C1CCS(=O)(=O)C1. The van der Waals surface area contributed by atoms with E-state index in [0.29, 0.717) is 12.8 Å². The molecule has 0 N–H and O–H groups in total. The zero-order valence-electron chi connectivity index (χ0n) is 9.04. The maximum atomic E-state index is 11.7. The largest absolute Gasteiger partial charge is 0.299 e. The maximum absolute atomic E-state index is 11.7. The van der Waals surface area contributed by atoms with Gasteiger partial charge in [-0.1, -0.05) is 20.8 Å². The molecule has 1 heterocycles. The summed E-state index contributed by atoms with van der Waals surface area (Å²) in [5.41, 5.74) is -0.0383. The van der Waals surface area contributed by atoms with Gasteiger partial charge in [-0.2, -0.15) is 0 Å². The van der Waals surface area contributed by atoms with Crippen LogP contribution < -0.4 is 0 Å². The summed E-state index contributed by atoms with van der Waals surface area (Å²) in [6, 6.07) is 0. The van der Waals surface area contributed by atoms with Crippen molar-refractivity contribution < 1.29 is 13.2 Å². The van der Waals surface area contributed by atoms with Gasteiger partial charge in [-0.05, 0) is 11.8 Å². The molecule has 0 aromatic heterocycles. The summed E-state index contributed by atoms with van der Waals surface area (Å²) >= 11 is 0. The lowest BCUT2D eigenvalue weighted by molar-refractivity contribution is -0.123. The van der Waals surface area contributed by atoms with Crippen LogP contribution in [0.2, 0.25) is 0 Å². The van der Waals surface area contributed by atoms with Crippen LogP contribution in [-0.4, -0.2) is 25.7 Å². The number of rotatable bonds is 2. The van der Waals surface area contributed by atoms with Gasteiger partial charge in [0.05, 0.1) is 11.5 Å². The minimum Gasteiger partial charge on any atom is -0.299 e. The lowest BCUT2D eigenvalue weighted by Gasteiger charge is -2.18. The Labute approximate surface area is 85.8 Å². The fraction of sp³-hybridized carbons (Fsp3) is 0.900. The number of carbonyl (C=O) groups is 1. The van der Waals surface area contributed by atoms with Crippen molar-refractivity contribution in [2.45, 2.75) is 33.6 Å². The summed E-state index contributed by atoms with van der Waals surface area (Å²) < 4.78 is 22.3. The smallest absolute Gasteiger partial charge is 0.151 e. The van der Waals surface area contributed by atoms with Gasteiger partial charge in [-0.25, -0.2) is 8.42 Å². The molecule has 0 radical (unpaired) electrons. The Morgan fingerprint density at radius 2 is 1.93 bits per heavy atom. The van der Waals surface area contributed by atoms with Gasteiger partial charge in [0.25, 0.3) is 0 Å². The molecule has 0 spiro atoms. The zero-order chi connectivity index (χ0) is 11.0. The molecule has 0 amide bonds. The van der Waals surface area contributed by atoms with E-state index in [2.05, 4.69) is 0 Å². The molecule has 1 fully saturated rings. The zero-order valence-corrected chi connectivity index (χ0v) is 9.86. The number of hydrogen-bond donors (Lipinski definition) is 0. The van der Waals surface area contributed by atoms with Crippen LogP contribution in [0.1, 0.15) is 33.6 Å². The van der Waals surface area contributed by atoms with E-state index in [9.17, 15) is 13.2 Å². The van der Waals surface area contributed by atoms with E-state index >= 15 is 0 Å². The third-order valence-electron chi connectivity index (χ3n) is 2.39. The second kappa shape index (κ2) is 3.65. The summed E-state index contributed by atoms with van der Waals surface area (Å²) in [7, 11) is -2.92. The maximum Gasteiger partial charge on any atom is 0.151 e. The minimum absolute atomic E-state index is 0.0383. The third-order valence-corrected chi connectivity index (χ3v) is 4.16. The molecule has 0 aliphatic carbocycles. The molecule has 0 aromatic rings. The Balaban J connectivity index is 2.57. The van der Waals surface area contributed by atoms with Crippen LogP contribution in [0.5, 0.6) is 0 Å². The lowest BCUT2D eigenvalue weighted by Crippen LogP contribution is -2.21. The Hall–Kier alpha value is -0.380. The van der Waals surface area contributed by atoms with E-state index in [1.54, 1.807) is 0 Å². The highest BCUT2D eigenvalue weighted by atomic mass is 32.2. The molecule has 82 valence electrons. The van der Waals surface area contributed by atoms with Gasteiger partial charge in [-0.3, -0.25) is 4.79 Å². The van der Waals surface area contributed by atoms with E-state index < -0.39 is 9.84 Å². The standard InChI is InChI=1S/C10H18O3S/c1-10(2,3)6-9(11)8-4-5-14(12,13)7-8/h8H,4-7H2,1-3H3. The molecule has 1 rings (SSSR count). The second-order valence-electron chi connectivity index (χ2n) is 5.30. The first-order chi connectivity index (χ1) is 6.20. The second-order valence-corrected chi connectivity index (χ2v) is 7.53. The van der Waals surface area contributed by atoms with Gasteiger partial charge in [0.15, 0.2) is 9.84 Å². The number of carbonyl (C=O) groups excluding carboxylic acids is 1. The number of hydrogen-bond acceptors (Lipinski definition) is 3. The van der Waals surface area contributed by atoms with Gasteiger partial charge in [0.1, 0.15) is 5.78 Å². The number of sulfone groups is 1. The van der Waals surface area contributed by atoms with Crippen molar-refractivity contribution in [2.75, 3.05) is 11.5 Å². The highest BCUT2D eigenvalue weighted by Crippen LogP contribution is 2.26. The van der Waals surface area contributed by atoms with Gasteiger partial charge in [0.2, 0.25) is 0 Å². The van der Waals surface area contributed by atoms with Crippen molar-refractivity contribution in [3.05, 3.63) is 0 Å². The van der Waals surface area contributed by atoms with Gasteiger partial charge >= 0.3 is 0 Å². The van der Waals surface area contributed by atoms with Crippen LogP contribution in [-0.2, 0) is 14.6 Å². The molecule has 14 heavy (non-hydrogen) atoms. The van der Waals surface area contributed by atoms with Crippen molar-refractivity contribution in [1.82, 2.24) is 0 Å². The molecule has 3 nitrogen and oxygen atoms in total. The van der Waals surface area contributed by atoms with Gasteiger partial charge in [-0.15, -0.1) is 0 Å². The Morgan fingerprint density at radius 3 is 2.29 bits per heavy atom. The van der Waals surface area contributed by atoms with Gasteiger partial charge < -0.3 is 0 Å². The van der Waals surface area contributed by atoms with Gasteiger partial charge in [0, 0.05) is 12.3 Å². The average molecular weight is 218 g/mol. The van der Waals surface area contributed by atoms with Crippen LogP contribution in [0, 0.1) is 11.3 Å². The average Bonchev–Trinajstić information content (AvgIpc) is 2.26. The molecule has 4 heteroatoms. The third kappa shape index (κ3) is 3.40. The van der Waals surface area contributed by atoms with E-state index in [4.69, 9.17) is 0 Å². The predicted molar refractivity (Wildman–Crippen MR) is 55.8 cm³/mol. The molecule has 1 atom stereocenters. The van der Waals surface area contributed by atoms with Crippen molar-refractivity contribution in [3.63, 3.8) is 0 Å². The first-order valence-electron chi connectivity index (χ1n) is 4.93. The van der Waals surface area contributed by atoms with Crippen LogP contribution in [0.3, 0.4) is 0 Å². The van der Waals surface area contributed by atoms with Crippen LogP contribution >= 0.6 is 0 Å². The highest BCUT2D eigenvalue weighted by molar-refractivity contribution is 7.91. The topological polar surface area (TPSA) is 51.2 Å². The molecule has 1 unspecified atom stereocenters. The molecule has 1 saturated heterocycles. The first kappa shape index (κ1) is 11.7. The molecule has 0 aromatic carbocycles. The normalized spacial score (nSPS) is 26.4. The van der Waals surface area contributed by atoms with E-state index in [1.165, 1.54) is 0 Å². The quantitative estimate of drug-likeness (QED) is 0.704. The van der Waals surface area contributed by atoms with Crippen molar-refractivity contribution in [3.8, 4) is 0 Å². The molecule has 1 aliphatic rings. The fourth-order valence-electron chi connectivity index (χ4n) is 1.72. The fourth-order valence-corrected chi connectivity index (χ4v) is 3.49. The highest BCUT2D eigenvalue weighted by Gasteiger charge is 2.34.